The predicted molar refractivity (Wildman–Crippen MR) is 95.9 cm³/mol. The van der Waals surface area contributed by atoms with Gasteiger partial charge in [-0.25, -0.2) is 0 Å². The van der Waals surface area contributed by atoms with E-state index in [1.807, 2.05) is 18.2 Å². The van der Waals surface area contributed by atoms with Crippen molar-refractivity contribution in [3.8, 4) is 0 Å². The third-order valence-corrected chi connectivity index (χ3v) is 2.63. The monoisotopic (exact) mass is 391 g/mol. The van der Waals surface area contributed by atoms with E-state index in [0.717, 1.165) is 11.5 Å². The van der Waals surface area contributed by atoms with Crippen LogP contribution in [0.2, 0.25) is 0 Å². The van der Waals surface area contributed by atoms with Crippen LogP contribution in [0.25, 0.3) is 0 Å². The molecule has 0 aliphatic rings. The molecule has 0 saturated carbocycles. The molecule has 0 fully saturated rings. The molecule has 0 amide bonds. The van der Waals surface area contributed by atoms with Crippen LogP contribution in [0.3, 0.4) is 0 Å². The molecule has 114 valence electrons. The maximum absolute atomic E-state index is 5.52. The largest absolute Gasteiger partial charge is 0.375 e. The lowest BCUT2D eigenvalue weighted by Crippen LogP contribution is -2.48. The minimum atomic E-state index is -0.0167. The number of nitrogens with one attached hydrogen (secondary N) is 2. The van der Waals surface area contributed by atoms with Gasteiger partial charge in [-0.2, -0.15) is 0 Å². The number of rotatable bonds is 4. The van der Waals surface area contributed by atoms with Crippen molar-refractivity contribution in [1.82, 2.24) is 10.6 Å². The summed E-state index contributed by atoms with van der Waals surface area (Å²) < 4.78 is 5.52. The zero-order valence-corrected chi connectivity index (χ0v) is 15.3. The maximum Gasteiger partial charge on any atom is 0.191 e. The predicted octanol–water partition coefficient (Wildman–Crippen LogP) is 2.96. The molecule has 1 atom stereocenters. The molecule has 0 radical (unpaired) electrons. The molecule has 2 N–H and O–H groups in total. The summed E-state index contributed by atoms with van der Waals surface area (Å²) in [5.41, 5.74) is 1.14. The highest BCUT2D eigenvalue weighted by Crippen LogP contribution is 2.14. The van der Waals surface area contributed by atoms with Crippen molar-refractivity contribution < 1.29 is 4.74 Å². The van der Waals surface area contributed by atoms with E-state index in [2.05, 4.69) is 48.5 Å². The van der Waals surface area contributed by atoms with Gasteiger partial charge in [-0.1, -0.05) is 30.3 Å². The van der Waals surface area contributed by atoms with Crippen LogP contribution in [0, 0.1) is 0 Å². The van der Waals surface area contributed by atoms with E-state index >= 15 is 0 Å². The Hall–Kier alpha value is -0.820. The molecule has 1 unspecified atom stereocenters. The van der Waals surface area contributed by atoms with Gasteiger partial charge >= 0.3 is 0 Å². The van der Waals surface area contributed by atoms with E-state index < -0.39 is 0 Å². The Kier molecular flexibility index (Phi) is 8.80. The fourth-order valence-electron chi connectivity index (χ4n) is 1.73. The van der Waals surface area contributed by atoms with E-state index in [1.165, 1.54) is 0 Å². The number of ether oxygens (including phenoxy) is 1. The zero-order chi connectivity index (χ0) is 14.3. The second-order valence-corrected chi connectivity index (χ2v) is 5.46. The van der Waals surface area contributed by atoms with Gasteiger partial charge in [-0.05, 0) is 26.3 Å². The number of nitrogens with zero attached hydrogens (tertiary/aromatic N) is 1. The van der Waals surface area contributed by atoms with Gasteiger partial charge in [-0.3, -0.25) is 4.99 Å². The quantitative estimate of drug-likeness (QED) is 0.471. The number of methoxy groups -OCH3 is 1. The van der Waals surface area contributed by atoms with Crippen molar-refractivity contribution in [3.05, 3.63) is 35.9 Å². The molecule has 0 aromatic heterocycles. The Bertz CT molecular complexity index is 401. The van der Waals surface area contributed by atoms with Gasteiger partial charge < -0.3 is 15.4 Å². The Balaban J connectivity index is 0.00000361. The first-order chi connectivity index (χ1) is 8.96. The Morgan fingerprint density at radius 3 is 2.30 bits per heavy atom. The van der Waals surface area contributed by atoms with Crippen molar-refractivity contribution in [1.29, 1.82) is 0 Å². The van der Waals surface area contributed by atoms with Gasteiger partial charge in [0.25, 0.3) is 0 Å². The highest BCUT2D eigenvalue weighted by Gasteiger charge is 2.14. The molecule has 0 heterocycles. The van der Waals surface area contributed by atoms with Crippen LogP contribution in [0.5, 0.6) is 0 Å². The lowest BCUT2D eigenvalue weighted by atomic mass is 10.1. The summed E-state index contributed by atoms with van der Waals surface area (Å²) in [5.74, 6) is 0.783. The van der Waals surface area contributed by atoms with E-state index in [0.29, 0.717) is 6.54 Å². The highest BCUT2D eigenvalue weighted by molar-refractivity contribution is 14.0. The topological polar surface area (TPSA) is 45.7 Å². The average molecular weight is 391 g/mol. The van der Waals surface area contributed by atoms with Gasteiger partial charge in [0, 0.05) is 26.2 Å². The maximum atomic E-state index is 5.52. The first-order valence-electron chi connectivity index (χ1n) is 6.53. The second-order valence-electron chi connectivity index (χ2n) is 5.46. The molecule has 4 nitrogen and oxygen atoms in total. The van der Waals surface area contributed by atoms with Crippen molar-refractivity contribution in [2.45, 2.75) is 32.4 Å². The molecule has 0 bridgehead atoms. The lowest BCUT2D eigenvalue weighted by Gasteiger charge is -2.25. The fraction of sp³-hybridized carbons (Fsp3) is 0.533. The summed E-state index contributed by atoms with van der Waals surface area (Å²) in [6.07, 6.45) is 0.0136. The van der Waals surface area contributed by atoms with Crippen molar-refractivity contribution in [3.63, 3.8) is 0 Å². The van der Waals surface area contributed by atoms with Crippen LogP contribution in [0.1, 0.15) is 32.4 Å². The number of benzene rings is 1. The van der Waals surface area contributed by atoms with Crippen molar-refractivity contribution in [2.24, 2.45) is 4.99 Å². The van der Waals surface area contributed by atoms with Gasteiger partial charge in [0.15, 0.2) is 5.96 Å². The summed E-state index contributed by atoms with van der Waals surface area (Å²) in [6.45, 7) is 6.98. The van der Waals surface area contributed by atoms with Crippen LogP contribution < -0.4 is 10.6 Å². The minimum Gasteiger partial charge on any atom is -0.375 e. The third-order valence-electron chi connectivity index (χ3n) is 2.63. The van der Waals surface area contributed by atoms with Crippen LogP contribution in [-0.4, -0.2) is 32.2 Å². The number of aliphatic imine (C=N–C) groups is 1. The Morgan fingerprint density at radius 2 is 1.85 bits per heavy atom. The summed E-state index contributed by atoms with van der Waals surface area (Å²) in [5, 5.41) is 6.61. The van der Waals surface area contributed by atoms with Gasteiger partial charge in [0.05, 0.1) is 6.10 Å². The molecule has 0 aliphatic carbocycles. The molecule has 0 aliphatic heterocycles. The smallest absolute Gasteiger partial charge is 0.191 e. The Labute approximate surface area is 139 Å². The third kappa shape index (κ3) is 7.09. The molecule has 1 aromatic rings. The minimum absolute atomic E-state index is 0. The second kappa shape index (κ2) is 9.18. The van der Waals surface area contributed by atoms with Crippen LogP contribution in [0.15, 0.2) is 35.3 Å². The SMILES string of the molecule is CN=C(NCC(OC)c1ccccc1)NC(C)(C)C.I. The number of halogens is 1. The number of guanidine groups is 1. The first-order valence-corrected chi connectivity index (χ1v) is 6.53. The summed E-state index contributed by atoms with van der Waals surface area (Å²) in [6, 6.07) is 10.2. The molecular formula is C15H26IN3O. The van der Waals surface area contributed by atoms with E-state index in [-0.39, 0.29) is 35.6 Å². The summed E-state index contributed by atoms with van der Waals surface area (Å²) >= 11 is 0. The summed E-state index contributed by atoms with van der Waals surface area (Å²) in [7, 11) is 3.49. The Morgan fingerprint density at radius 1 is 1.25 bits per heavy atom. The lowest BCUT2D eigenvalue weighted by molar-refractivity contribution is 0.106. The summed E-state index contributed by atoms with van der Waals surface area (Å²) in [4.78, 5) is 4.21. The molecule has 1 aromatic carbocycles. The van der Waals surface area contributed by atoms with Gasteiger partial charge in [0.2, 0.25) is 0 Å². The molecule has 5 heteroatoms. The average Bonchev–Trinajstić information content (AvgIpc) is 2.38. The van der Waals surface area contributed by atoms with Crippen LogP contribution in [-0.2, 0) is 4.74 Å². The molecule has 1 rings (SSSR count). The van der Waals surface area contributed by atoms with Crippen LogP contribution in [0.4, 0.5) is 0 Å². The molecule has 0 spiro atoms. The highest BCUT2D eigenvalue weighted by atomic mass is 127. The fourth-order valence-corrected chi connectivity index (χ4v) is 1.73. The van der Waals surface area contributed by atoms with Crippen LogP contribution >= 0.6 is 24.0 Å². The normalized spacial score (nSPS) is 13.3. The molecule has 20 heavy (non-hydrogen) atoms. The van der Waals surface area contributed by atoms with E-state index in [1.54, 1.807) is 14.2 Å². The first kappa shape index (κ1) is 19.2. The van der Waals surface area contributed by atoms with Crippen molar-refractivity contribution >= 4 is 29.9 Å². The van der Waals surface area contributed by atoms with E-state index in [9.17, 15) is 0 Å². The molecule has 0 saturated heterocycles. The number of hydrogen-bond donors (Lipinski definition) is 2. The van der Waals surface area contributed by atoms with E-state index in [4.69, 9.17) is 4.74 Å². The molecular weight excluding hydrogens is 365 g/mol. The standard InChI is InChI=1S/C15H25N3O.HI/c1-15(2,3)18-14(16-4)17-11-13(19-5)12-9-7-6-8-10-12;/h6-10,13H,11H2,1-5H3,(H2,16,17,18);1H. The number of hydrogen-bond acceptors (Lipinski definition) is 2. The van der Waals surface area contributed by atoms with Gasteiger partial charge in [0.1, 0.15) is 0 Å². The zero-order valence-electron chi connectivity index (χ0n) is 12.9. The van der Waals surface area contributed by atoms with Crippen molar-refractivity contribution in [2.75, 3.05) is 20.7 Å². The van der Waals surface area contributed by atoms with Gasteiger partial charge in [-0.15, -0.1) is 24.0 Å².